The molecule has 1 aliphatic carbocycles. The average Bonchev–Trinajstić information content (AvgIpc) is 3.51. The number of ether oxygens (including phenoxy) is 1. The number of methoxy groups -OCH3 is 1. The van der Waals surface area contributed by atoms with Gasteiger partial charge in [0.05, 0.1) is 18.0 Å². The Morgan fingerprint density at radius 3 is 2.72 bits per heavy atom. The molecule has 122 valence electrons. The molecule has 5 nitrogen and oxygen atoms in total. The second-order valence-electron chi connectivity index (χ2n) is 6.35. The van der Waals surface area contributed by atoms with Crippen molar-refractivity contribution in [2.75, 3.05) is 7.11 Å². The van der Waals surface area contributed by atoms with E-state index in [4.69, 9.17) is 9.72 Å². The number of rotatable bonds is 3. The monoisotopic (exact) mass is 328 g/mol. The molecule has 0 bridgehead atoms. The van der Waals surface area contributed by atoms with Crippen molar-refractivity contribution in [1.82, 2.24) is 19.9 Å². The van der Waals surface area contributed by atoms with Crippen LogP contribution in [0, 0.1) is 0 Å². The molecule has 0 amide bonds. The zero-order valence-corrected chi connectivity index (χ0v) is 13.8. The van der Waals surface area contributed by atoms with E-state index in [0.29, 0.717) is 11.8 Å². The van der Waals surface area contributed by atoms with Gasteiger partial charge in [0, 0.05) is 23.2 Å². The summed E-state index contributed by atoms with van der Waals surface area (Å²) in [5.74, 6) is 1.20. The summed E-state index contributed by atoms with van der Waals surface area (Å²) < 4.78 is 5.38. The Bertz CT molecular complexity index is 1110. The van der Waals surface area contributed by atoms with Crippen LogP contribution in [-0.2, 0) is 0 Å². The van der Waals surface area contributed by atoms with Gasteiger partial charge in [-0.15, -0.1) is 0 Å². The third kappa shape index (κ3) is 2.39. The molecule has 1 aromatic carbocycles. The molecule has 0 aliphatic heterocycles. The van der Waals surface area contributed by atoms with Crippen molar-refractivity contribution in [1.29, 1.82) is 0 Å². The van der Waals surface area contributed by atoms with Crippen LogP contribution in [0.4, 0.5) is 0 Å². The largest absolute Gasteiger partial charge is 0.480 e. The van der Waals surface area contributed by atoms with Crippen molar-refractivity contribution < 1.29 is 4.74 Å². The summed E-state index contributed by atoms with van der Waals surface area (Å²) in [5, 5.41) is 1.96. The van der Waals surface area contributed by atoms with Gasteiger partial charge in [-0.05, 0) is 54.3 Å². The van der Waals surface area contributed by atoms with Crippen molar-refractivity contribution in [3.63, 3.8) is 0 Å². The Morgan fingerprint density at radius 2 is 1.88 bits per heavy atom. The molecule has 3 heterocycles. The topological polar surface area (TPSA) is 60.8 Å². The van der Waals surface area contributed by atoms with Crippen LogP contribution in [0.5, 0.6) is 5.88 Å². The summed E-state index contributed by atoms with van der Waals surface area (Å²) in [6.07, 6.45) is 5.82. The van der Waals surface area contributed by atoms with E-state index in [1.165, 1.54) is 19.2 Å². The van der Waals surface area contributed by atoms with Gasteiger partial charge in [0.2, 0.25) is 5.88 Å². The highest BCUT2D eigenvalue weighted by Crippen LogP contribution is 2.40. The van der Waals surface area contributed by atoms with Gasteiger partial charge in [-0.2, -0.15) is 0 Å². The number of hydrogen-bond acceptors (Lipinski definition) is 5. The summed E-state index contributed by atoms with van der Waals surface area (Å²) in [5.41, 5.74) is 5.01. The van der Waals surface area contributed by atoms with Gasteiger partial charge < -0.3 is 4.74 Å². The number of hydrogen-bond donors (Lipinski definition) is 0. The maximum Gasteiger partial charge on any atom is 0.224 e. The molecule has 4 aromatic rings. The number of benzene rings is 1. The first-order valence-corrected chi connectivity index (χ1v) is 8.38. The Balaban J connectivity index is 1.71. The molecular formula is C20H16N4O. The van der Waals surface area contributed by atoms with Gasteiger partial charge in [0.25, 0.3) is 0 Å². The van der Waals surface area contributed by atoms with Crippen LogP contribution in [0.25, 0.3) is 33.1 Å². The van der Waals surface area contributed by atoms with Crippen LogP contribution < -0.4 is 4.74 Å². The maximum absolute atomic E-state index is 5.38. The first-order valence-electron chi connectivity index (χ1n) is 8.38. The molecule has 0 spiro atoms. The van der Waals surface area contributed by atoms with Gasteiger partial charge in [-0.3, -0.25) is 0 Å². The SMILES string of the molecule is COc1ncnc2ccc(-c3ccnc4nc(C5CC5)ccc34)cc12. The lowest BCUT2D eigenvalue weighted by atomic mass is 10.0. The molecule has 0 N–H and O–H groups in total. The smallest absolute Gasteiger partial charge is 0.224 e. The fraction of sp³-hybridized carbons (Fsp3) is 0.200. The molecular weight excluding hydrogens is 312 g/mol. The molecule has 3 aromatic heterocycles. The average molecular weight is 328 g/mol. The first-order chi connectivity index (χ1) is 12.3. The van der Waals surface area contributed by atoms with Crippen LogP contribution in [0.15, 0.2) is 48.9 Å². The second-order valence-corrected chi connectivity index (χ2v) is 6.35. The minimum absolute atomic E-state index is 0.583. The van der Waals surface area contributed by atoms with Crippen LogP contribution in [0.2, 0.25) is 0 Å². The van der Waals surface area contributed by atoms with Crippen LogP contribution >= 0.6 is 0 Å². The second kappa shape index (κ2) is 5.48. The van der Waals surface area contributed by atoms with Crippen molar-refractivity contribution in [3.8, 4) is 17.0 Å². The lowest BCUT2D eigenvalue weighted by Gasteiger charge is -2.09. The molecule has 25 heavy (non-hydrogen) atoms. The van der Waals surface area contributed by atoms with E-state index in [9.17, 15) is 0 Å². The van der Waals surface area contributed by atoms with Crippen molar-refractivity contribution >= 4 is 21.9 Å². The normalized spacial score (nSPS) is 14.1. The molecule has 5 heteroatoms. The summed E-state index contributed by atoms with van der Waals surface area (Å²) in [6.45, 7) is 0. The third-order valence-corrected chi connectivity index (χ3v) is 4.72. The number of pyridine rings is 2. The van der Waals surface area contributed by atoms with Gasteiger partial charge in [-0.1, -0.05) is 6.07 Å². The maximum atomic E-state index is 5.38. The lowest BCUT2D eigenvalue weighted by molar-refractivity contribution is 0.402. The summed E-state index contributed by atoms with van der Waals surface area (Å²) in [6, 6.07) is 12.4. The predicted molar refractivity (Wildman–Crippen MR) is 96.6 cm³/mol. The zero-order valence-electron chi connectivity index (χ0n) is 13.8. The van der Waals surface area contributed by atoms with Gasteiger partial charge in [0.15, 0.2) is 5.65 Å². The van der Waals surface area contributed by atoms with Gasteiger partial charge in [-0.25, -0.2) is 19.9 Å². The van der Waals surface area contributed by atoms with Gasteiger partial charge >= 0.3 is 0 Å². The highest BCUT2D eigenvalue weighted by atomic mass is 16.5. The molecule has 1 saturated carbocycles. The fourth-order valence-corrected chi connectivity index (χ4v) is 3.27. The Labute approximate surface area is 144 Å². The lowest BCUT2D eigenvalue weighted by Crippen LogP contribution is -1.93. The number of fused-ring (bicyclic) bond motifs is 2. The fourth-order valence-electron chi connectivity index (χ4n) is 3.27. The zero-order chi connectivity index (χ0) is 16.8. The Kier molecular flexibility index (Phi) is 3.13. The van der Waals surface area contributed by atoms with E-state index < -0.39 is 0 Å². The van der Waals surface area contributed by atoms with E-state index in [0.717, 1.165) is 38.8 Å². The molecule has 5 rings (SSSR count). The van der Waals surface area contributed by atoms with Crippen LogP contribution in [0.3, 0.4) is 0 Å². The summed E-state index contributed by atoms with van der Waals surface area (Å²) >= 11 is 0. The minimum Gasteiger partial charge on any atom is -0.480 e. The van der Waals surface area contributed by atoms with Crippen LogP contribution in [-0.4, -0.2) is 27.0 Å². The van der Waals surface area contributed by atoms with E-state index >= 15 is 0 Å². The molecule has 1 fully saturated rings. The standard InChI is InChI=1S/C20H16N4O/c1-25-20-16-10-13(4-6-18(16)22-11-23-20)14-8-9-21-19-15(14)5-7-17(24-19)12-2-3-12/h4-12H,2-3H2,1H3. The van der Waals surface area contributed by atoms with Crippen LogP contribution in [0.1, 0.15) is 24.5 Å². The molecule has 0 atom stereocenters. The van der Waals surface area contributed by atoms with Crippen molar-refractivity contribution in [2.45, 2.75) is 18.8 Å². The minimum atomic E-state index is 0.583. The molecule has 0 radical (unpaired) electrons. The quantitative estimate of drug-likeness (QED) is 0.566. The third-order valence-electron chi connectivity index (χ3n) is 4.72. The van der Waals surface area contributed by atoms with Gasteiger partial charge in [0.1, 0.15) is 6.33 Å². The van der Waals surface area contributed by atoms with E-state index in [-0.39, 0.29) is 0 Å². The van der Waals surface area contributed by atoms with Crippen molar-refractivity contribution in [3.05, 3.63) is 54.6 Å². The number of nitrogens with zero attached hydrogens (tertiary/aromatic N) is 4. The predicted octanol–water partition coefficient (Wildman–Crippen LogP) is 4.13. The highest BCUT2D eigenvalue weighted by Gasteiger charge is 2.25. The Morgan fingerprint density at radius 1 is 0.960 bits per heavy atom. The van der Waals surface area contributed by atoms with E-state index in [2.05, 4.69) is 39.2 Å². The summed E-state index contributed by atoms with van der Waals surface area (Å²) in [4.78, 5) is 17.7. The van der Waals surface area contributed by atoms with E-state index in [1.807, 2.05) is 18.3 Å². The Hall–Kier alpha value is -3.08. The number of aromatic nitrogens is 4. The highest BCUT2D eigenvalue weighted by molar-refractivity contribution is 5.96. The summed E-state index contributed by atoms with van der Waals surface area (Å²) in [7, 11) is 1.62. The van der Waals surface area contributed by atoms with Crippen molar-refractivity contribution in [2.24, 2.45) is 0 Å². The van der Waals surface area contributed by atoms with E-state index in [1.54, 1.807) is 7.11 Å². The molecule has 0 unspecified atom stereocenters. The molecule has 0 saturated heterocycles. The first kappa shape index (κ1) is 14.3. The molecule has 1 aliphatic rings.